The number of fused-ring (bicyclic) bond motifs is 1. The van der Waals surface area contributed by atoms with Crippen molar-refractivity contribution in [3.05, 3.63) is 83.8 Å². The Kier molecular flexibility index (Phi) is 4.90. The van der Waals surface area contributed by atoms with Crippen LogP contribution in [0.4, 0.5) is 5.13 Å². The minimum atomic E-state index is -0.447. The summed E-state index contributed by atoms with van der Waals surface area (Å²) in [5, 5.41) is 0.583. The van der Waals surface area contributed by atoms with Crippen molar-refractivity contribution >= 4 is 38.6 Å². The molecule has 0 saturated heterocycles. The molecule has 4 aromatic rings. The summed E-state index contributed by atoms with van der Waals surface area (Å²) in [6.07, 6.45) is 1.57. The lowest BCUT2D eigenvalue weighted by atomic mass is 10.1. The van der Waals surface area contributed by atoms with Gasteiger partial charge in [-0.15, -0.1) is 0 Å². The Hall–Kier alpha value is -3.45. The maximum atomic E-state index is 13.2. The second-order valence-electron chi connectivity index (χ2n) is 6.00. The van der Waals surface area contributed by atoms with Crippen molar-refractivity contribution in [1.29, 1.82) is 0 Å². The fourth-order valence-corrected chi connectivity index (χ4v) is 3.75. The fraction of sp³-hybridized carbons (Fsp3) is 0.0952. The Bertz CT molecular complexity index is 1080. The third-order valence-corrected chi connectivity index (χ3v) is 5.27. The standard InChI is InChI=1S/C21H16N2O4S/c1-26-20(25)15-10-8-14(9-11-15)19(24)23(13-16-5-4-12-27-16)21-22-17-6-2-3-7-18(17)28-21/h2-12H,13H2,1H3. The Morgan fingerprint density at radius 3 is 2.46 bits per heavy atom. The minimum absolute atomic E-state index is 0.230. The van der Waals surface area contributed by atoms with Gasteiger partial charge in [0.25, 0.3) is 5.91 Å². The van der Waals surface area contributed by atoms with Crippen LogP contribution < -0.4 is 4.90 Å². The van der Waals surface area contributed by atoms with Gasteiger partial charge in [-0.05, 0) is 48.5 Å². The van der Waals surface area contributed by atoms with Crippen molar-refractivity contribution < 1.29 is 18.7 Å². The molecule has 0 unspecified atom stereocenters. The number of furan rings is 1. The number of ether oxygens (including phenoxy) is 1. The predicted molar refractivity (Wildman–Crippen MR) is 107 cm³/mol. The maximum absolute atomic E-state index is 13.2. The van der Waals surface area contributed by atoms with Crippen LogP contribution in [0.1, 0.15) is 26.5 Å². The summed E-state index contributed by atoms with van der Waals surface area (Å²) in [5.74, 6) is -0.0247. The first kappa shape index (κ1) is 17.9. The molecule has 0 N–H and O–H groups in total. The second kappa shape index (κ2) is 7.66. The van der Waals surface area contributed by atoms with E-state index >= 15 is 0 Å². The maximum Gasteiger partial charge on any atom is 0.337 e. The number of para-hydroxylation sites is 1. The minimum Gasteiger partial charge on any atom is -0.467 e. The monoisotopic (exact) mass is 392 g/mol. The van der Waals surface area contributed by atoms with Gasteiger partial charge in [-0.3, -0.25) is 9.69 Å². The first-order chi connectivity index (χ1) is 13.7. The molecular weight excluding hydrogens is 376 g/mol. The summed E-state index contributed by atoms with van der Waals surface area (Å²) < 4.78 is 11.1. The van der Waals surface area contributed by atoms with Crippen LogP contribution in [0.25, 0.3) is 10.2 Å². The largest absolute Gasteiger partial charge is 0.467 e. The molecule has 0 aliphatic rings. The summed E-state index contributed by atoms with van der Waals surface area (Å²) in [5.41, 5.74) is 1.66. The van der Waals surface area contributed by atoms with Crippen molar-refractivity contribution in [2.24, 2.45) is 0 Å². The molecule has 6 nitrogen and oxygen atoms in total. The Labute approximate surface area is 165 Å². The van der Waals surface area contributed by atoms with Crippen molar-refractivity contribution in [1.82, 2.24) is 4.98 Å². The summed E-state index contributed by atoms with van der Waals surface area (Å²) in [7, 11) is 1.32. The molecule has 0 aliphatic heterocycles. The van der Waals surface area contributed by atoms with Gasteiger partial charge in [-0.25, -0.2) is 9.78 Å². The Balaban J connectivity index is 1.70. The lowest BCUT2D eigenvalue weighted by Crippen LogP contribution is -2.30. The molecule has 0 saturated carbocycles. The zero-order valence-electron chi connectivity index (χ0n) is 15.0. The third kappa shape index (κ3) is 3.52. The molecule has 7 heteroatoms. The molecular formula is C21H16N2O4S. The number of carbonyl (C=O) groups excluding carboxylic acids is 2. The van der Waals surface area contributed by atoms with E-state index in [1.165, 1.54) is 18.4 Å². The molecule has 0 radical (unpaired) electrons. The number of carbonyl (C=O) groups is 2. The average Bonchev–Trinajstić information content (AvgIpc) is 3.40. The number of nitrogens with zero attached hydrogens (tertiary/aromatic N) is 2. The van der Waals surface area contributed by atoms with Crippen LogP contribution >= 0.6 is 11.3 Å². The van der Waals surface area contributed by atoms with E-state index in [4.69, 9.17) is 9.15 Å². The number of thiazole rings is 1. The zero-order valence-corrected chi connectivity index (χ0v) is 15.8. The van der Waals surface area contributed by atoms with Crippen LogP contribution in [-0.2, 0) is 11.3 Å². The molecule has 28 heavy (non-hydrogen) atoms. The van der Waals surface area contributed by atoms with E-state index in [2.05, 4.69) is 4.98 Å². The van der Waals surface area contributed by atoms with E-state index < -0.39 is 5.97 Å². The highest BCUT2D eigenvalue weighted by Gasteiger charge is 2.23. The number of amides is 1. The van der Waals surface area contributed by atoms with E-state index in [0.717, 1.165) is 10.2 Å². The highest BCUT2D eigenvalue weighted by atomic mass is 32.1. The van der Waals surface area contributed by atoms with E-state index in [1.807, 2.05) is 30.3 Å². The highest BCUT2D eigenvalue weighted by molar-refractivity contribution is 7.22. The Morgan fingerprint density at radius 2 is 1.79 bits per heavy atom. The van der Waals surface area contributed by atoms with Gasteiger partial charge in [-0.2, -0.15) is 0 Å². The fourth-order valence-electron chi connectivity index (χ4n) is 2.78. The van der Waals surface area contributed by atoms with Gasteiger partial charge in [-0.1, -0.05) is 23.5 Å². The van der Waals surface area contributed by atoms with Crippen LogP contribution in [0.3, 0.4) is 0 Å². The molecule has 2 aromatic carbocycles. The van der Waals surface area contributed by atoms with Gasteiger partial charge in [0.1, 0.15) is 5.76 Å². The Morgan fingerprint density at radius 1 is 1.04 bits per heavy atom. The topological polar surface area (TPSA) is 72.6 Å². The van der Waals surface area contributed by atoms with Gasteiger partial charge >= 0.3 is 5.97 Å². The molecule has 1 amide bonds. The molecule has 2 aromatic heterocycles. The molecule has 140 valence electrons. The average molecular weight is 392 g/mol. The molecule has 4 rings (SSSR count). The van der Waals surface area contributed by atoms with Crippen LogP contribution in [-0.4, -0.2) is 24.0 Å². The number of rotatable bonds is 5. The number of esters is 1. The predicted octanol–water partition coefficient (Wildman–Crippen LogP) is 4.52. The summed E-state index contributed by atoms with van der Waals surface area (Å²) in [4.78, 5) is 31.0. The van der Waals surface area contributed by atoms with Crippen LogP contribution in [0.15, 0.2) is 71.3 Å². The number of hydrogen-bond acceptors (Lipinski definition) is 6. The van der Waals surface area contributed by atoms with Crippen LogP contribution in [0.2, 0.25) is 0 Å². The first-order valence-electron chi connectivity index (χ1n) is 8.54. The van der Waals surface area contributed by atoms with E-state index in [-0.39, 0.29) is 12.5 Å². The van der Waals surface area contributed by atoms with Crippen LogP contribution in [0, 0.1) is 0 Å². The van der Waals surface area contributed by atoms with Gasteiger partial charge in [0, 0.05) is 5.56 Å². The summed E-state index contributed by atoms with van der Waals surface area (Å²) >= 11 is 1.44. The smallest absolute Gasteiger partial charge is 0.337 e. The van der Waals surface area contributed by atoms with Gasteiger partial charge in [0.15, 0.2) is 5.13 Å². The van der Waals surface area contributed by atoms with Crippen molar-refractivity contribution in [3.8, 4) is 0 Å². The SMILES string of the molecule is COC(=O)c1ccc(C(=O)N(Cc2ccco2)c2nc3ccccc3s2)cc1. The zero-order chi connectivity index (χ0) is 19.5. The molecule has 0 fully saturated rings. The molecule has 0 atom stereocenters. The number of anilines is 1. The third-order valence-electron chi connectivity index (χ3n) is 4.21. The van der Waals surface area contributed by atoms with Crippen molar-refractivity contribution in [3.63, 3.8) is 0 Å². The van der Waals surface area contributed by atoms with Gasteiger partial charge in [0.05, 0.1) is 35.7 Å². The lowest BCUT2D eigenvalue weighted by Gasteiger charge is -2.19. The summed E-state index contributed by atoms with van der Waals surface area (Å²) in [6.45, 7) is 0.254. The summed E-state index contributed by atoms with van der Waals surface area (Å²) in [6, 6.07) is 17.7. The van der Waals surface area contributed by atoms with Crippen LogP contribution in [0.5, 0.6) is 0 Å². The van der Waals surface area contributed by atoms with E-state index in [0.29, 0.717) is 22.0 Å². The molecule has 0 aliphatic carbocycles. The first-order valence-corrected chi connectivity index (χ1v) is 9.35. The number of aromatic nitrogens is 1. The van der Waals surface area contributed by atoms with E-state index in [9.17, 15) is 9.59 Å². The second-order valence-corrected chi connectivity index (χ2v) is 7.01. The highest BCUT2D eigenvalue weighted by Crippen LogP contribution is 2.30. The van der Waals surface area contributed by atoms with Gasteiger partial charge < -0.3 is 9.15 Å². The van der Waals surface area contributed by atoms with E-state index in [1.54, 1.807) is 41.5 Å². The van der Waals surface area contributed by atoms with Crippen molar-refractivity contribution in [2.75, 3.05) is 12.0 Å². The van der Waals surface area contributed by atoms with Gasteiger partial charge in [0.2, 0.25) is 0 Å². The normalized spacial score (nSPS) is 10.8. The number of hydrogen-bond donors (Lipinski definition) is 0. The van der Waals surface area contributed by atoms with Crippen molar-refractivity contribution in [2.45, 2.75) is 6.54 Å². The lowest BCUT2D eigenvalue weighted by molar-refractivity contribution is 0.0600. The number of methoxy groups -OCH3 is 1. The molecule has 0 bridgehead atoms. The quantitative estimate of drug-likeness (QED) is 0.467. The molecule has 2 heterocycles. The number of benzene rings is 2. The molecule has 0 spiro atoms.